The molecule has 6 nitrogen and oxygen atoms in total. The highest BCUT2D eigenvalue weighted by Crippen LogP contribution is 2.24. The molecule has 2 heterocycles. The smallest absolute Gasteiger partial charge is 0.275 e. The van der Waals surface area contributed by atoms with Crippen LogP contribution in [0.4, 0.5) is 0 Å². The van der Waals surface area contributed by atoms with Gasteiger partial charge in [-0.1, -0.05) is 25.1 Å². The molecule has 6 heteroatoms. The Morgan fingerprint density at radius 2 is 2.14 bits per heavy atom. The topological polar surface area (TPSA) is 92.1 Å². The third kappa shape index (κ3) is 2.50. The number of piperidine rings is 1. The van der Waals surface area contributed by atoms with Gasteiger partial charge in [0.2, 0.25) is 0 Å². The van der Waals surface area contributed by atoms with Crippen molar-refractivity contribution in [2.75, 3.05) is 13.1 Å². The molecular formula is C16H20N4O2. The standard InChI is InChI=1S/C16H20N4O2/c1-10-6-7-20(11(8-10)9-17)16(22)14-12-4-2-3-5-13(12)15(21)19-18-14/h2-5,10-11H,6-9,17H2,1H3,(H,19,21). The number of H-pyrrole nitrogens is 1. The van der Waals surface area contributed by atoms with Gasteiger partial charge in [-0.15, -0.1) is 0 Å². The zero-order valence-corrected chi connectivity index (χ0v) is 12.6. The molecule has 0 bridgehead atoms. The van der Waals surface area contributed by atoms with E-state index in [1.165, 1.54) is 0 Å². The Labute approximate surface area is 128 Å². The van der Waals surface area contributed by atoms with Crippen molar-refractivity contribution in [2.24, 2.45) is 11.7 Å². The number of carbonyl (C=O) groups is 1. The van der Waals surface area contributed by atoms with Gasteiger partial charge < -0.3 is 10.6 Å². The Balaban J connectivity index is 2.02. The molecular weight excluding hydrogens is 280 g/mol. The second-order valence-electron chi connectivity index (χ2n) is 5.96. The summed E-state index contributed by atoms with van der Waals surface area (Å²) >= 11 is 0. The highest BCUT2D eigenvalue weighted by atomic mass is 16.2. The molecule has 3 rings (SSSR count). The minimum Gasteiger partial charge on any atom is -0.333 e. The second-order valence-corrected chi connectivity index (χ2v) is 5.96. The van der Waals surface area contributed by atoms with E-state index in [4.69, 9.17) is 5.73 Å². The maximum absolute atomic E-state index is 12.9. The van der Waals surface area contributed by atoms with Crippen LogP contribution < -0.4 is 11.3 Å². The first-order chi connectivity index (χ1) is 10.6. The lowest BCUT2D eigenvalue weighted by molar-refractivity contribution is 0.0568. The summed E-state index contributed by atoms with van der Waals surface area (Å²) in [7, 11) is 0. The van der Waals surface area contributed by atoms with Crippen molar-refractivity contribution in [1.29, 1.82) is 0 Å². The van der Waals surface area contributed by atoms with Gasteiger partial charge in [0.1, 0.15) is 0 Å². The third-order valence-corrected chi connectivity index (χ3v) is 4.41. The van der Waals surface area contributed by atoms with Gasteiger partial charge in [-0.3, -0.25) is 9.59 Å². The highest BCUT2D eigenvalue weighted by Gasteiger charge is 2.31. The summed E-state index contributed by atoms with van der Waals surface area (Å²) in [4.78, 5) is 26.5. The monoisotopic (exact) mass is 300 g/mol. The van der Waals surface area contributed by atoms with E-state index in [9.17, 15) is 9.59 Å². The molecule has 1 saturated heterocycles. The molecule has 0 radical (unpaired) electrons. The zero-order valence-electron chi connectivity index (χ0n) is 12.6. The molecule has 2 aromatic rings. The number of aromatic nitrogens is 2. The summed E-state index contributed by atoms with van der Waals surface area (Å²) in [5.41, 5.74) is 5.85. The largest absolute Gasteiger partial charge is 0.333 e. The van der Waals surface area contributed by atoms with E-state index in [2.05, 4.69) is 17.1 Å². The van der Waals surface area contributed by atoms with E-state index in [-0.39, 0.29) is 17.5 Å². The summed E-state index contributed by atoms with van der Waals surface area (Å²) in [5.74, 6) is 0.410. The zero-order chi connectivity index (χ0) is 15.7. The lowest BCUT2D eigenvalue weighted by Crippen LogP contribution is -2.49. The van der Waals surface area contributed by atoms with Crippen LogP contribution in [0.15, 0.2) is 29.1 Å². The van der Waals surface area contributed by atoms with E-state index in [0.717, 1.165) is 12.8 Å². The lowest BCUT2D eigenvalue weighted by atomic mass is 9.92. The second kappa shape index (κ2) is 5.88. The van der Waals surface area contributed by atoms with Crippen LogP contribution in [0, 0.1) is 5.92 Å². The molecule has 1 aliphatic rings. The summed E-state index contributed by atoms with van der Waals surface area (Å²) < 4.78 is 0. The van der Waals surface area contributed by atoms with Crippen LogP contribution in [0.3, 0.4) is 0 Å². The first kappa shape index (κ1) is 14.7. The molecule has 3 N–H and O–H groups in total. The molecule has 2 atom stereocenters. The first-order valence-corrected chi connectivity index (χ1v) is 7.60. The van der Waals surface area contributed by atoms with E-state index >= 15 is 0 Å². The fraction of sp³-hybridized carbons (Fsp3) is 0.438. The summed E-state index contributed by atoms with van der Waals surface area (Å²) in [6, 6.07) is 7.07. The third-order valence-electron chi connectivity index (χ3n) is 4.41. The van der Waals surface area contributed by atoms with Crippen molar-refractivity contribution in [1.82, 2.24) is 15.1 Å². The van der Waals surface area contributed by atoms with E-state index in [1.54, 1.807) is 29.2 Å². The number of benzene rings is 1. The van der Waals surface area contributed by atoms with Crippen LogP contribution in [-0.4, -0.2) is 40.1 Å². The van der Waals surface area contributed by atoms with Crippen LogP contribution in [0.25, 0.3) is 10.8 Å². The first-order valence-electron chi connectivity index (χ1n) is 7.60. The molecule has 2 unspecified atom stereocenters. The summed E-state index contributed by atoms with van der Waals surface area (Å²) in [5, 5.41) is 7.49. The number of hydrogen-bond acceptors (Lipinski definition) is 4. The molecule has 1 fully saturated rings. The number of likely N-dealkylation sites (tertiary alicyclic amines) is 1. The van der Waals surface area contributed by atoms with Crippen molar-refractivity contribution >= 4 is 16.7 Å². The average molecular weight is 300 g/mol. The Kier molecular flexibility index (Phi) is 3.94. The molecule has 116 valence electrons. The molecule has 0 aliphatic carbocycles. The van der Waals surface area contributed by atoms with Crippen molar-refractivity contribution < 1.29 is 4.79 Å². The van der Waals surface area contributed by atoms with Crippen LogP contribution in [0.1, 0.15) is 30.3 Å². The molecule has 0 spiro atoms. The minimum atomic E-state index is -0.283. The van der Waals surface area contributed by atoms with Gasteiger partial charge in [-0.25, -0.2) is 5.10 Å². The molecule has 1 aliphatic heterocycles. The van der Waals surface area contributed by atoms with Crippen LogP contribution >= 0.6 is 0 Å². The van der Waals surface area contributed by atoms with Crippen molar-refractivity contribution in [2.45, 2.75) is 25.8 Å². The van der Waals surface area contributed by atoms with Crippen LogP contribution in [-0.2, 0) is 0 Å². The van der Waals surface area contributed by atoms with Crippen molar-refractivity contribution in [3.8, 4) is 0 Å². The number of aromatic amines is 1. The predicted molar refractivity (Wildman–Crippen MR) is 84.6 cm³/mol. The predicted octanol–water partition coefficient (Wildman–Crippen LogP) is 1.12. The van der Waals surface area contributed by atoms with Crippen molar-refractivity contribution in [3.05, 3.63) is 40.3 Å². The molecule has 0 saturated carbocycles. The quantitative estimate of drug-likeness (QED) is 0.869. The Hall–Kier alpha value is -2.21. The van der Waals surface area contributed by atoms with E-state index in [0.29, 0.717) is 35.5 Å². The van der Waals surface area contributed by atoms with Gasteiger partial charge in [0, 0.05) is 24.5 Å². The van der Waals surface area contributed by atoms with Gasteiger partial charge in [-0.05, 0) is 24.8 Å². The minimum absolute atomic E-state index is 0.0312. The van der Waals surface area contributed by atoms with E-state index < -0.39 is 0 Å². The van der Waals surface area contributed by atoms with Gasteiger partial charge in [-0.2, -0.15) is 5.10 Å². The molecule has 1 aromatic heterocycles. The maximum atomic E-state index is 12.9. The average Bonchev–Trinajstić information content (AvgIpc) is 2.55. The summed E-state index contributed by atoms with van der Waals surface area (Å²) in [6.07, 6.45) is 1.87. The Bertz CT molecular complexity index is 755. The number of nitrogens with one attached hydrogen (secondary N) is 1. The summed E-state index contributed by atoms with van der Waals surface area (Å²) in [6.45, 7) is 3.30. The SMILES string of the molecule is CC1CCN(C(=O)c2n[nH]c(=O)c3ccccc23)C(CN)C1. The number of amides is 1. The van der Waals surface area contributed by atoms with Crippen LogP contribution in [0.5, 0.6) is 0 Å². The van der Waals surface area contributed by atoms with Gasteiger partial charge in [0.05, 0.1) is 5.39 Å². The molecule has 1 amide bonds. The lowest BCUT2D eigenvalue weighted by Gasteiger charge is -2.37. The number of nitrogens with zero attached hydrogens (tertiary/aromatic N) is 2. The molecule has 1 aromatic carbocycles. The molecule has 22 heavy (non-hydrogen) atoms. The Morgan fingerprint density at radius 1 is 1.41 bits per heavy atom. The number of fused-ring (bicyclic) bond motifs is 1. The van der Waals surface area contributed by atoms with E-state index in [1.807, 2.05) is 0 Å². The maximum Gasteiger partial charge on any atom is 0.275 e. The van der Waals surface area contributed by atoms with Gasteiger partial charge in [0.25, 0.3) is 11.5 Å². The van der Waals surface area contributed by atoms with Gasteiger partial charge >= 0.3 is 0 Å². The fourth-order valence-electron chi connectivity index (χ4n) is 3.16. The number of hydrogen-bond donors (Lipinski definition) is 2. The van der Waals surface area contributed by atoms with Crippen LogP contribution in [0.2, 0.25) is 0 Å². The van der Waals surface area contributed by atoms with Crippen molar-refractivity contribution in [3.63, 3.8) is 0 Å². The fourth-order valence-corrected chi connectivity index (χ4v) is 3.16. The number of carbonyl (C=O) groups excluding carboxylic acids is 1. The highest BCUT2D eigenvalue weighted by molar-refractivity contribution is 6.04. The number of nitrogens with two attached hydrogens (primary N) is 1. The number of rotatable bonds is 2. The van der Waals surface area contributed by atoms with Gasteiger partial charge in [0.15, 0.2) is 5.69 Å². The Morgan fingerprint density at radius 3 is 2.86 bits per heavy atom. The normalized spacial score (nSPS) is 22.0.